The molecule has 1 aromatic carbocycles. The number of nitrogens with two attached hydrogens (primary N) is 1. The molecular formula is C19H13FN8. The Hall–Kier alpha value is -4.01. The Morgan fingerprint density at radius 3 is 2.68 bits per heavy atom. The molecule has 9 heteroatoms. The van der Waals surface area contributed by atoms with E-state index in [1.807, 2.05) is 6.07 Å². The third kappa shape index (κ3) is 2.60. The first-order chi connectivity index (χ1) is 13.7. The van der Waals surface area contributed by atoms with Crippen molar-refractivity contribution in [1.29, 1.82) is 0 Å². The lowest BCUT2D eigenvalue weighted by molar-refractivity contribution is 0.589. The number of aromatic nitrogens is 7. The fourth-order valence-electron chi connectivity index (χ4n) is 3.06. The fraction of sp³-hybridized carbons (Fsp3) is 0.0526. The minimum absolute atomic E-state index is 0.216. The SMILES string of the molecule is Nc1nc(-c2nn(Cc3ccccc3F)c3ncccc23)nc2nccnc12. The van der Waals surface area contributed by atoms with Crippen LogP contribution in [0.15, 0.2) is 55.0 Å². The van der Waals surface area contributed by atoms with E-state index in [1.54, 1.807) is 35.1 Å². The molecule has 0 atom stereocenters. The van der Waals surface area contributed by atoms with Crippen LogP contribution < -0.4 is 5.73 Å². The van der Waals surface area contributed by atoms with Gasteiger partial charge in [-0.2, -0.15) is 5.10 Å². The van der Waals surface area contributed by atoms with Crippen molar-refractivity contribution in [3.63, 3.8) is 0 Å². The van der Waals surface area contributed by atoms with Gasteiger partial charge in [0.2, 0.25) is 0 Å². The van der Waals surface area contributed by atoms with Crippen LogP contribution in [0.3, 0.4) is 0 Å². The number of fused-ring (bicyclic) bond motifs is 2. The topological polar surface area (TPSA) is 108 Å². The van der Waals surface area contributed by atoms with Crippen molar-refractivity contribution < 1.29 is 4.39 Å². The van der Waals surface area contributed by atoms with Gasteiger partial charge in [0, 0.05) is 24.2 Å². The fourth-order valence-corrected chi connectivity index (χ4v) is 3.06. The maximum Gasteiger partial charge on any atom is 0.185 e. The molecule has 0 amide bonds. The van der Waals surface area contributed by atoms with Gasteiger partial charge in [-0.3, -0.25) is 0 Å². The van der Waals surface area contributed by atoms with Gasteiger partial charge >= 0.3 is 0 Å². The number of nitrogens with zero attached hydrogens (tertiary/aromatic N) is 7. The second-order valence-corrected chi connectivity index (χ2v) is 6.13. The molecule has 4 aromatic heterocycles. The van der Waals surface area contributed by atoms with Gasteiger partial charge in [0.15, 0.2) is 22.9 Å². The van der Waals surface area contributed by atoms with Gasteiger partial charge in [-0.1, -0.05) is 18.2 Å². The Balaban J connectivity index is 1.70. The van der Waals surface area contributed by atoms with Gasteiger partial charge in [-0.15, -0.1) is 0 Å². The van der Waals surface area contributed by atoms with Crippen molar-refractivity contribution >= 4 is 28.0 Å². The Labute approximate surface area is 157 Å². The third-order valence-electron chi connectivity index (χ3n) is 4.36. The van der Waals surface area contributed by atoms with E-state index >= 15 is 0 Å². The van der Waals surface area contributed by atoms with Crippen LogP contribution in [0, 0.1) is 5.82 Å². The van der Waals surface area contributed by atoms with E-state index in [9.17, 15) is 4.39 Å². The van der Waals surface area contributed by atoms with Gasteiger partial charge in [0.1, 0.15) is 17.0 Å². The van der Waals surface area contributed by atoms with Crippen LogP contribution in [0.5, 0.6) is 0 Å². The summed E-state index contributed by atoms with van der Waals surface area (Å²) in [5, 5.41) is 5.34. The zero-order valence-corrected chi connectivity index (χ0v) is 14.5. The van der Waals surface area contributed by atoms with Gasteiger partial charge in [-0.25, -0.2) is 34.0 Å². The first-order valence-corrected chi connectivity index (χ1v) is 8.50. The first kappa shape index (κ1) is 16.2. The Morgan fingerprint density at radius 2 is 1.79 bits per heavy atom. The minimum Gasteiger partial charge on any atom is -0.382 e. The molecule has 8 nitrogen and oxygen atoms in total. The highest BCUT2D eigenvalue weighted by Crippen LogP contribution is 2.27. The zero-order chi connectivity index (χ0) is 19.1. The Bertz CT molecular complexity index is 1330. The van der Waals surface area contributed by atoms with Crippen LogP contribution in [0.1, 0.15) is 5.56 Å². The molecule has 2 N–H and O–H groups in total. The molecule has 136 valence electrons. The van der Waals surface area contributed by atoms with Gasteiger partial charge in [0.05, 0.1) is 11.9 Å². The largest absolute Gasteiger partial charge is 0.382 e. The summed E-state index contributed by atoms with van der Waals surface area (Å²) < 4.78 is 15.7. The summed E-state index contributed by atoms with van der Waals surface area (Å²) in [6.07, 6.45) is 4.73. The second kappa shape index (κ2) is 6.31. The molecule has 0 unspecified atom stereocenters. The lowest BCUT2D eigenvalue weighted by Gasteiger charge is -2.04. The Kier molecular flexibility index (Phi) is 3.64. The predicted octanol–water partition coefficient (Wildman–Crippen LogP) is 2.60. The molecule has 0 aliphatic rings. The van der Waals surface area contributed by atoms with Gasteiger partial charge in [-0.05, 0) is 18.2 Å². The van der Waals surface area contributed by atoms with Crippen molar-refractivity contribution in [3.8, 4) is 11.5 Å². The van der Waals surface area contributed by atoms with Crippen molar-refractivity contribution in [2.24, 2.45) is 0 Å². The molecule has 0 radical (unpaired) electrons. The summed E-state index contributed by atoms with van der Waals surface area (Å²) in [4.78, 5) is 21.6. The minimum atomic E-state index is -0.301. The van der Waals surface area contributed by atoms with Crippen LogP contribution in [-0.4, -0.2) is 34.7 Å². The molecule has 5 aromatic rings. The van der Waals surface area contributed by atoms with Crippen LogP contribution in [-0.2, 0) is 6.54 Å². The van der Waals surface area contributed by atoms with Crippen LogP contribution in [0.2, 0.25) is 0 Å². The van der Waals surface area contributed by atoms with Gasteiger partial charge in [0.25, 0.3) is 0 Å². The lowest BCUT2D eigenvalue weighted by atomic mass is 10.2. The smallest absolute Gasteiger partial charge is 0.185 e. The van der Waals surface area contributed by atoms with Crippen molar-refractivity contribution in [3.05, 3.63) is 66.4 Å². The molecule has 0 fully saturated rings. The van der Waals surface area contributed by atoms with E-state index in [4.69, 9.17) is 5.73 Å². The quantitative estimate of drug-likeness (QED) is 0.518. The number of anilines is 1. The first-order valence-electron chi connectivity index (χ1n) is 8.50. The summed E-state index contributed by atoms with van der Waals surface area (Å²) in [6.45, 7) is 0.225. The highest BCUT2D eigenvalue weighted by molar-refractivity contribution is 5.91. The van der Waals surface area contributed by atoms with Gasteiger partial charge < -0.3 is 5.73 Å². The maximum absolute atomic E-state index is 14.1. The average Bonchev–Trinajstić information content (AvgIpc) is 3.08. The number of pyridine rings is 1. The van der Waals surface area contributed by atoms with E-state index in [1.165, 1.54) is 18.5 Å². The third-order valence-corrected chi connectivity index (χ3v) is 4.36. The number of hydrogen-bond donors (Lipinski definition) is 1. The number of rotatable bonds is 3. The molecule has 0 spiro atoms. The highest BCUT2D eigenvalue weighted by Gasteiger charge is 2.18. The molecule has 0 bridgehead atoms. The number of halogens is 1. The number of nitrogen functional groups attached to an aromatic ring is 1. The molecule has 0 aliphatic carbocycles. The molecule has 0 aliphatic heterocycles. The number of benzene rings is 1. The van der Waals surface area contributed by atoms with E-state index in [-0.39, 0.29) is 18.2 Å². The molecule has 28 heavy (non-hydrogen) atoms. The molecule has 0 saturated heterocycles. The van der Waals surface area contributed by atoms with E-state index in [2.05, 4.69) is 30.0 Å². The van der Waals surface area contributed by atoms with Crippen LogP contribution in [0.25, 0.3) is 33.7 Å². The highest BCUT2D eigenvalue weighted by atomic mass is 19.1. The van der Waals surface area contributed by atoms with Crippen molar-refractivity contribution in [2.75, 3.05) is 5.73 Å². The summed E-state index contributed by atoms with van der Waals surface area (Å²) in [5.74, 6) is 0.231. The molecular weight excluding hydrogens is 359 g/mol. The molecule has 5 rings (SSSR count). The molecule has 0 saturated carbocycles. The maximum atomic E-state index is 14.1. The summed E-state index contributed by atoms with van der Waals surface area (Å²) in [5.41, 5.74) is 8.45. The monoisotopic (exact) mass is 372 g/mol. The zero-order valence-electron chi connectivity index (χ0n) is 14.5. The summed E-state index contributed by atoms with van der Waals surface area (Å²) >= 11 is 0. The molecule has 4 heterocycles. The lowest BCUT2D eigenvalue weighted by Crippen LogP contribution is -2.05. The van der Waals surface area contributed by atoms with E-state index < -0.39 is 0 Å². The van der Waals surface area contributed by atoms with Crippen LogP contribution >= 0.6 is 0 Å². The van der Waals surface area contributed by atoms with Crippen molar-refractivity contribution in [2.45, 2.75) is 6.54 Å². The number of hydrogen-bond acceptors (Lipinski definition) is 7. The standard InChI is InChI=1S/C19H13FN8/c20-13-6-2-1-4-11(13)10-28-19-12(5-3-7-24-19)14(27-28)18-25-16(21)15-17(26-18)23-9-8-22-15/h1-9H,10H2,(H2,21,23,25,26). The Morgan fingerprint density at radius 1 is 0.929 bits per heavy atom. The normalized spacial score (nSPS) is 11.3. The average molecular weight is 372 g/mol. The summed E-state index contributed by atoms with van der Waals surface area (Å²) in [7, 11) is 0. The second-order valence-electron chi connectivity index (χ2n) is 6.13. The predicted molar refractivity (Wildman–Crippen MR) is 102 cm³/mol. The summed E-state index contributed by atoms with van der Waals surface area (Å²) in [6, 6.07) is 10.2. The van der Waals surface area contributed by atoms with Crippen LogP contribution in [0.4, 0.5) is 10.2 Å². The van der Waals surface area contributed by atoms with E-state index in [0.717, 1.165) is 5.39 Å². The van der Waals surface area contributed by atoms with Crippen molar-refractivity contribution in [1.82, 2.24) is 34.7 Å². The van der Waals surface area contributed by atoms with E-state index in [0.29, 0.717) is 33.9 Å².